The van der Waals surface area contributed by atoms with Crippen LogP contribution in [0.3, 0.4) is 0 Å². The van der Waals surface area contributed by atoms with Crippen molar-refractivity contribution in [3.63, 3.8) is 0 Å². The molecular weight excluding hydrogens is 511 g/mol. The summed E-state index contributed by atoms with van der Waals surface area (Å²) in [6, 6.07) is 24.2. The number of halogens is 2. The minimum Gasteiger partial charge on any atom is -0.354 e. The SMILES string of the molecule is CC(C)CNC(=O)[C@@H](Cc1ccccc1)N(Cc1ccc(Cl)cc1)C(=O)CCSc1ccc(Cl)cc1. The number of nitrogens with zero attached hydrogens (tertiary/aromatic N) is 1. The molecule has 0 aromatic heterocycles. The van der Waals surface area contributed by atoms with Crippen LogP contribution >= 0.6 is 35.0 Å². The van der Waals surface area contributed by atoms with Crippen molar-refractivity contribution in [1.82, 2.24) is 10.2 Å². The van der Waals surface area contributed by atoms with E-state index >= 15 is 0 Å². The average Bonchev–Trinajstić information content (AvgIpc) is 2.87. The number of carbonyl (C=O) groups is 2. The fourth-order valence-electron chi connectivity index (χ4n) is 3.69. The highest BCUT2D eigenvalue weighted by Gasteiger charge is 2.30. The molecule has 1 atom stereocenters. The average molecular weight is 544 g/mol. The number of thioether (sulfide) groups is 1. The molecule has 7 heteroatoms. The zero-order chi connectivity index (χ0) is 25.9. The van der Waals surface area contributed by atoms with E-state index in [2.05, 4.69) is 19.2 Å². The summed E-state index contributed by atoms with van der Waals surface area (Å²) in [5, 5.41) is 4.36. The molecule has 0 saturated carbocycles. The Morgan fingerprint density at radius 3 is 2.08 bits per heavy atom. The zero-order valence-electron chi connectivity index (χ0n) is 20.6. The van der Waals surface area contributed by atoms with Gasteiger partial charge in [0.15, 0.2) is 0 Å². The van der Waals surface area contributed by atoms with Gasteiger partial charge in [-0.05, 0) is 53.4 Å². The summed E-state index contributed by atoms with van der Waals surface area (Å²) in [5.41, 5.74) is 1.93. The fraction of sp³-hybridized carbons (Fsp3) is 0.310. The molecule has 3 rings (SSSR count). The van der Waals surface area contributed by atoms with Gasteiger partial charge in [0.25, 0.3) is 0 Å². The zero-order valence-corrected chi connectivity index (χ0v) is 23.0. The number of rotatable bonds is 12. The third-order valence-corrected chi connectivity index (χ3v) is 7.14. The Balaban J connectivity index is 1.82. The van der Waals surface area contributed by atoms with E-state index in [1.165, 1.54) is 0 Å². The molecule has 2 amide bonds. The summed E-state index contributed by atoms with van der Waals surface area (Å²) < 4.78 is 0. The van der Waals surface area contributed by atoms with E-state index < -0.39 is 6.04 Å². The highest BCUT2D eigenvalue weighted by atomic mass is 35.5. The van der Waals surface area contributed by atoms with Crippen LogP contribution < -0.4 is 5.32 Å². The second kappa shape index (κ2) is 14.3. The van der Waals surface area contributed by atoms with Gasteiger partial charge in [0.2, 0.25) is 11.8 Å². The van der Waals surface area contributed by atoms with Crippen molar-refractivity contribution in [3.05, 3.63) is 100 Å². The van der Waals surface area contributed by atoms with Crippen molar-refractivity contribution >= 4 is 46.8 Å². The Labute approximate surface area is 228 Å². The molecule has 0 radical (unpaired) electrons. The lowest BCUT2D eigenvalue weighted by Gasteiger charge is -2.32. The number of hydrogen-bond donors (Lipinski definition) is 1. The highest BCUT2D eigenvalue weighted by molar-refractivity contribution is 7.99. The van der Waals surface area contributed by atoms with Gasteiger partial charge in [-0.15, -0.1) is 11.8 Å². The van der Waals surface area contributed by atoms with Gasteiger partial charge in [0, 0.05) is 46.6 Å². The maximum atomic E-state index is 13.6. The first kappa shape index (κ1) is 28.1. The quantitative estimate of drug-likeness (QED) is 0.253. The summed E-state index contributed by atoms with van der Waals surface area (Å²) in [6.45, 7) is 4.99. The summed E-state index contributed by atoms with van der Waals surface area (Å²) in [6.07, 6.45) is 0.748. The van der Waals surface area contributed by atoms with Crippen LogP contribution in [0.15, 0.2) is 83.8 Å². The lowest BCUT2D eigenvalue weighted by molar-refractivity contribution is -0.141. The molecule has 0 aliphatic rings. The maximum absolute atomic E-state index is 13.6. The van der Waals surface area contributed by atoms with E-state index in [1.807, 2.05) is 66.7 Å². The van der Waals surface area contributed by atoms with E-state index in [0.717, 1.165) is 16.0 Å². The van der Waals surface area contributed by atoms with E-state index in [-0.39, 0.29) is 11.8 Å². The van der Waals surface area contributed by atoms with Gasteiger partial charge in [0.1, 0.15) is 6.04 Å². The molecule has 3 aromatic rings. The van der Waals surface area contributed by atoms with Crippen LogP contribution in [0.1, 0.15) is 31.4 Å². The van der Waals surface area contributed by atoms with E-state index in [4.69, 9.17) is 23.2 Å². The van der Waals surface area contributed by atoms with Crippen molar-refractivity contribution in [1.29, 1.82) is 0 Å². The standard InChI is InChI=1S/C29H32Cl2N2O2S/c1-21(2)19-32-29(35)27(18-22-6-4-3-5-7-22)33(20-23-8-10-24(30)11-9-23)28(34)16-17-36-26-14-12-25(31)13-15-26/h3-15,21,27H,16-20H2,1-2H3,(H,32,35)/t27-/m1/s1. The molecule has 0 bridgehead atoms. The van der Waals surface area contributed by atoms with Gasteiger partial charge >= 0.3 is 0 Å². The number of carbonyl (C=O) groups excluding carboxylic acids is 2. The van der Waals surface area contributed by atoms with Crippen molar-refractivity contribution in [2.24, 2.45) is 5.92 Å². The first-order chi connectivity index (χ1) is 17.3. The van der Waals surface area contributed by atoms with Gasteiger partial charge in [-0.3, -0.25) is 9.59 Å². The minimum atomic E-state index is -0.630. The molecule has 36 heavy (non-hydrogen) atoms. The predicted molar refractivity (Wildman–Crippen MR) is 151 cm³/mol. The Morgan fingerprint density at radius 1 is 0.861 bits per heavy atom. The highest BCUT2D eigenvalue weighted by Crippen LogP contribution is 2.23. The van der Waals surface area contributed by atoms with Gasteiger partial charge in [-0.25, -0.2) is 0 Å². The van der Waals surface area contributed by atoms with Crippen LogP contribution in [-0.4, -0.2) is 35.1 Å². The van der Waals surface area contributed by atoms with Gasteiger partial charge in [-0.2, -0.15) is 0 Å². The Bertz CT molecular complexity index is 1110. The molecule has 0 aliphatic heterocycles. The molecule has 0 unspecified atom stereocenters. The second-order valence-corrected chi connectivity index (χ2v) is 11.1. The van der Waals surface area contributed by atoms with Crippen LogP contribution in [0.4, 0.5) is 0 Å². The fourth-order valence-corrected chi connectivity index (χ4v) is 4.79. The normalized spacial score (nSPS) is 11.8. The molecule has 0 fully saturated rings. The molecule has 0 spiro atoms. The van der Waals surface area contributed by atoms with Crippen molar-refractivity contribution < 1.29 is 9.59 Å². The van der Waals surface area contributed by atoms with Crippen molar-refractivity contribution in [2.75, 3.05) is 12.3 Å². The summed E-state index contributed by atoms with van der Waals surface area (Å²) >= 11 is 13.7. The molecule has 3 aromatic carbocycles. The third-order valence-electron chi connectivity index (χ3n) is 5.62. The number of hydrogen-bond acceptors (Lipinski definition) is 3. The Morgan fingerprint density at radius 2 is 1.47 bits per heavy atom. The van der Waals surface area contributed by atoms with Gasteiger partial charge < -0.3 is 10.2 Å². The molecule has 190 valence electrons. The molecule has 4 nitrogen and oxygen atoms in total. The Kier molecular flexibility index (Phi) is 11.2. The van der Waals surface area contributed by atoms with Gasteiger partial charge in [-0.1, -0.05) is 79.5 Å². The first-order valence-electron chi connectivity index (χ1n) is 12.1. The molecule has 0 saturated heterocycles. The second-order valence-electron chi connectivity index (χ2n) is 9.05. The van der Waals surface area contributed by atoms with E-state index in [0.29, 0.717) is 47.6 Å². The van der Waals surface area contributed by atoms with Crippen molar-refractivity contribution in [2.45, 2.75) is 44.2 Å². The monoisotopic (exact) mass is 542 g/mol. The lowest BCUT2D eigenvalue weighted by Crippen LogP contribution is -2.51. The third kappa shape index (κ3) is 9.20. The molecular formula is C29H32Cl2N2O2S. The number of nitrogens with one attached hydrogen (secondary N) is 1. The molecule has 0 heterocycles. The predicted octanol–water partition coefficient (Wildman–Crippen LogP) is 6.89. The maximum Gasteiger partial charge on any atom is 0.243 e. The van der Waals surface area contributed by atoms with Crippen LogP contribution in [0.5, 0.6) is 0 Å². The van der Waals surface area contributed by atoms with Crippen LogP contribution in [-0.2, 0) is 22.6 Å². The van der Waals surface area contributed by atoms with Crippen LogP contribution in [0.25, 0.3) is 0 Å². The van der Waals surface area contributed by atoms with Crippen molar-refractivity contribution in [3.8, 4) is 0 Å². The summed E-state index contributed by atoms with van der Waals surface area (Å²) in [5.74, 6) is 0.707. The first-order valence-corrected chi connectivity index (χ1v) is 13.8. The largest absolute Gasteiger partial charge is 0.354 e. The summed E-state index contributed by atoms with van der Waals surface area (Å²) in [7, 11) is 0. The number of benzene rings is 3. The topological polar surface area (TPSA) is 49.4 Å². The molecule has 0 aliphatic carbocycles. The number of amides is 2. The Hall–Kier alpha value is -2.47. The van der Waals surface area contributed by atoms with E-state index in [9.17, 15) is 9.59 Å². The van der Waals surface area contributed by atoms with Crippen LogP contribution in [0.2, 0.25) is 10.0 Å². The smallest absolute Gasteiger partial charge is 0.243 e. The van der Waals surface area contributed by atoms with Crippen LogP contribution in [0, 0.1) is 5.92 Å². The lowest BCUT2D eigenvalue weighted by atomic mass is 10.0. The van der Waals surface area contributed by atoms with Gasteiger partial charge in [0.05, 0.1) is 0 Å². The van der Waals surface area contributed by atoms with E-state index in [1.54, 1.807) is 28.8 Å². The minimum absolute atomic E-state index is 0.0629. The summed E-state index contributed by atoms with van der Waals surface area (Å²) in [4.78, 5) is 29.8. The molecule has 1 N–H and O–H groups in total.